The number of hydrogen-bond donors (Lipinski definition) is 2. The van der Waals surface area contributed by atoms with Crippen LogP contribution in [0.25, 0.3) is 22.3 Å². The maximum absolute atomic E-state index is 13.0. The van der Waals surface area contributed by atoms with Gasteiger partial charge in [0, 0.05) is 35.7 Å². The number of nitrogens with zero attached hydrogens (tertiary/aromatic N) is 3. The summed E-state index contributed by atoms with van der Waals surface area (Å²) in [4.78, 5) is 11.5. The first-order chi connectivity index (χ1) is 14.8. The van der Waals surface area contributed by atoms with Crippen molar-refractivity contribution in [3.8, 4) is 17.0 Å². The summed E-state index contributed by atoms with van der Waals surface area (Å²) in [5.74, 6) is -0.224. The fourth-order valence-corrected chi connectivity index (χ4v) is 4.29. The Balaban J connectivity index is 1.70. The Morgan fingerprint density at radius 1 is 1.13 bits per heavy atom. The Bertz CT molecular complexity index is 1080. The van der Waals surface area contributed by atoms with Gasteiger partial charge in [-0.3, -0.25) is 0 Å². The molecule has 1 fully saturated rings. The van der Waals surface area contributed by atoms with Crippen molar-refractivity contribution >= 4 is 11.0 Å². The summed E-state index contributed by atoms with van der Waals surface area (Å²) in [5, 5.41) is 20.3. The number of phenols is 1. The lowest BCUT2D eigenvalue weighted by Gasteiger charge is -2.31. The minimum atomic E-state index is -4.53. The van der Waals surface area contributed by atoms with Gasteiger partial charge < -0.3 is 15.1 Å². The predicted octanol–water partition coefficient (Wildman–Crippen LogP) is 4.50. The number of aromatic nitrogens is 2. The number of halogens is 3. The van der Waals surface area contributed by atoms with Crippen molar-refractivity contribution in [1.82, 2.24) is 14.9 Å². The van der Waals surface area contributed by atoms with Crippen LogP contribution < -0.4 is 0 Å². The molecule has 8 heteroatoms. The number of benzene rings is 1. The van der Waals surface area contributed by atoms with E-state index in [2.05, 4.69) is 9.88 Å². The fourth-order valence-electron chi connectivity index (χ4n) is 4.29. The van der Waals surface area contributed by atoms with Gasteiger partial charge in [-0.15, -0.1) is 0 Å². The van der Waals surface area contributed by atoms with Gasteiger partial charge in [-0.2, -0.15) is 13.2 Å². The summed E-state index contributed by atoms with van der Waals surface area (Å²) in [7, 11) is 0. The van der Waals surface area contributed by atoms with E-state index in [-0.39, 0.29) is 18.1 Å². The zero-order valence-electron chi connectivity index (χ0n) is 17.2. The zero-order chi connectivity index (χ0) is 22.2. The second-order valence-electron chi connectivity index (χ2n) is 8.03. The second kappa shape index (κ2) is 8.43. The van der Waals surface area contributed by atoms with E-state index in [1.807, 2.05) is 18.2 Å². The van der Waals surface area contributed by atoms with Crippen LogP contribution in [0.2, 0.25) is 0 Å². The topological polar surface area (TPSA) is 69.5 Å². The van der Waals surface area contributed by atoms with Crippen molar-refractivity contribution in [1.29, 1.82) is 0 Å². The number of rotatable bonds is 4. The fraction of sp³-hybridized carbons (Fsp3) is 0.391. The second-order valence-corrected chi connectivity index (χ2v) is 8.03. The lowest BCUT2D eigenvalue weighted by atomic mass is 9.94. The van der Waals surface area contributed by atoms with E-state index in [1.54, 1.807) is 6.07 Å². The van der Waals surface area contributed by atoms with Crippen molar-refractivity contribution in [2.24, 2.45) is 0 Å². The van der Waals surface area contributed by atoms with Crippen LogP contribution in [0.4, 0.5) is 13.2 Å². The van der Waals surface area contributed by atoms with E-state index in [0.717, 1.165) is 49.1 Å². The molecule has 0 amide bonds. The maximum atomic E-state index is 13.0. The van der Waals surface area contributed by atoms with Gasteiger partial charge in [-0.1, -0.05) is 0 Å². The molecule has 1 aliphatic rings. The molecule has 0 spiro atoms. The van der Waals surface area contributed by atoms with Crippen LogP contribution in [0, 0.1) is 6.92 Å². The average Bonchev–Trinajstić information content (AvgIpc) is 2.72. The van der Waals surface area contributed by atoms with Crippen molar-refractivity contribution in [3.63, 3.8) is 0 Å². The quantitative estimate of drug-likeness (QED) is 0.637. The van der Waals surface area contributed by atoms with E-state index in [1.165, 1.54) is 6.92 Å². The van der Waals surface area contributed by atoms with Crippen molar-refractivity contribution in [2.75, 3.05) is 26.2 Å². The molecule has 0 bridgehead atoms. The molecule has 4 rings (SSSR count). The molecule has 0 saturated carbocycles. The normalized spacial score (nSPS) is 17.9. The molecule has 0 aliphatic carbocycles. The highest BCUT2D eigenvalue weighted by Crippen LogP contribution is 2.39. The SMILES string of the molecule is Cc1cc(C(F)(F)F)cc(O)c1-c1ccc2ccc(C3CCCN(CCO)C3)nc2n1. The predicted molar refractivity (Wildman–Crippen MR) is 112 cm³/mol. The molecule has 0 radical (unpaired) electrons. The molecular formula is C23H24F3N3O2. The number of aromatic hydroxyl groups is 1. The maximum Gasteiger partial charge on any atom is 0.416 e. The summed E-state index contributed by atoms with van der Waals surface area (Å²) < 4.78 is 39.1. The van der Waals surface area contributed by atoms with E-state index in [0.29, 0.717) is 23.4 Å². The van der Waals surface area contributed by atoms with Gasteiger partial charge in [0.2, 0.25) is 0 Å². The number of aliphatic hydroxyl groups is 1. The van der Waals surface area contributed by atoms with Crippen LogP contribution in [-0.2, 0) is 6.18 Å². The average molecular weight is 431 g/mol. The third-order valence-corrected chi connectivity index (χ3v) is 5.81. The lowest BCUT2D eigenvalue weighted by Crippen LogP contribution is -2.36. The summed E-state index contributed by atoms with van der Waals surface area (Å²) >= 11 is 0. The molecule has 31 heavy (non-hydrogen) atoms. The van der Waals surface area contributed by atoms with E-state index in [4.69, 9.17) is 4.98 Å². The summed E-state index contributed by atoms with van der Waals surface area (Å²) in [6, 6.07) is 9.17. The number of hydrogen-bond acceptors (Lipinski definition) is 5. The molecule has 2 N–H and O–H groups in total. The summed E-state index contributed by atoms with van der Waals surface area (Å²) in [5.41, 5.74) is 1.46. The molecular weight excluding hydrogens is 407 g/mol. The smallest absolute Gasteiger partial charge is 0.416 e. The van der Waals surface area contributed by atoms with Crippen LogP contribution in [0.5, 0.6) is 5.75 Å². The van der Waals surface area contributed by atoms with E-state index >= 15 is 0 Å². The van der Waals surface area contributed by atoms with Crippen LogP contribution in [0.3, 0.4) is 0 Å². The molecule has 164 valence electrons. The number of fused-ring (bicyclic) bond motifs is 1. The molecule has 1 atom stereocenters. The molecule has 1 aliphatic heterocycles. The minimum Gasteiger partial charge on any atom is -0.507 e. The lowest BCUT2D eigenvalue weighted by molar-refractivity contribution is -0.137. The van der Waals surface area contributed by atoms with Crippen molar-refractivity contribution in [3.05, 3.63) is 53.2 Å². The number of likely N-dealkylation sites (tertiary alicyclic amines) is 1. The highest BCUT2D eigenvalue weighted by atomic mass is 19.4. The van der Waals surface area contributed by atoms with E-state index < -0.39 is 17.5 Å². The van der Waals surface area contributed by atoms with Gasteiger partial charge in [0.15, 0.2) is 5.65 Å². The minimum absolute atomic E-state index is 0.124. The molecule has 1 unspecified atom stereocenters. The number of pyridine rings is 2. The van der Waals surface area contributed by atoms with Crippen LogP contribution in [0.15, 0.2) is 36.4 Å². The van der Waals surface area contributed by atoms with Crippen LogP contribution in [0.1, 0.15) is 35.6 Å². The first-order valence-corrected chi connectivity index (χ1v) is 10.3. The Labute approximate surface area is 178 Å². The Hall–Kier alpha value is -2.71. The van der Waals surface area contributed by atoms with Gasteiger partial charge in [-0.25, -0.2) is 9.97 Å². The number of alkyl halides is 3. The monoisotopic (exact) mass is 431 g/mol. The van der Waals surface area contributed by atoms with E-state index in [9.17, 15) is 23.4 Å². The van der Waals surface area contributed by atoms with Gasteiger partial charge in [0.05, 0.1) is 17.9 Å². The van der Waals surface area contributed by atoms with Crippen LogP contribution >= 0.6 is 0 Å². The molecule has 3 aromatic rings. The number of β-amino-alcohol motifs (C(OH)–C–C–N with tert-alkyl or cyclic N) is 1. The molecule has 1 aromatic carbocycles. The standard InChI is InChI=1S/C23H24F3N3O2/c1-14-11-17(23(24,25)26)12-20(31)21(14)19-7-5-15-4-6-18(27-22(15)28-19)16-3-2-8-29(13-16)9-10-30/h4-7,11-12,16,30-31H,2-3,8-10,13H2,1H3. The Morgan fingerprint density at radius 2 is 1.90 bits per heavy atom. The third-order valence-electron chi connectivity index (χ3n) is 5.81. The molecule has 2 aromatic heterocycles. The number of aryl methyl sites for hydroxylation is 1. The number of phenolic OH excluding ortho intramolecular Hbond substituents is 1. The number of piperidine rings is 1. The first-order valence-electron chi connectivity index (χ1n) is 10.3. The van der Waals surface area contributed by atoms with Crippen LogP contribution in [-0.4, -0.2) is 51.3 Å². The summed E-state index contributed by atoms with van der Waals surface area (Å²) in [6.45, 7) is 4.06. The Morgan fingerprint density at radius 3 is 2.61 bits per heavy atom. The number of aliphatic hydroxyl groups excluding tert-OH is 1. The largest absolute Gasteiger partial charge is 0.507 e. The highest BCUT2D eigenvalue weighted by Gasteiger charge is 2.32. The Kier molecular flexibility index (Phi) is 5.85. The van der Waals surface area contributed by atoms with Crippen molar-refractivity contribution < 1.29 is 23.4 Å². The molecule has 5 nitrogen and oxygen atoms in total. The highest BCUT2D eigenvalue weighted by molar-refractivity contribution is 5.81. The van der Waals surface area contributed by atoms with Gasteiger partial charge in [0.1, 0.15) is 5.75 Å². The third kappa shape index (κ3) is 4.50. The summed E-state index contributed by atoms with van der Waals surface area (Å²) in [6.07, 6.45) is -2.51. The molecule has 1 saturated heterocycles. The first kappa shape index (κ1) is 21.5. The van der Waals surface area contributed by atoms with Crippen molar-refractivity contribution in [2.45, 2.75) is 31.9 Å². The molecule has 3 heterocycles. The zero-order valence-corrected chi connectivity index (χ0v) is 17.2. The van der Waals surface area contributed by atoms with Gasteiger partial charge in [-0.05, 0) is 68.3 Å². The van der Waals surface area contributed by atoms with Gasteiger partial charge in [0.25, 0.3) is 0 Å². The van der Waals surface area contributed by atoms with Gasteiger partial charge >= 0.3 is 6.18 Å².